The molecular weight excluding hydrogens is 248 g/mol. The van der Waals surface area contributed by atoms with Gasteiger partial charge in [-0.3, -0.25) is 0 Å². The summed E-state index contributed by atoms with van der Waals surface area (Å²) in [4.78, 5) is 24.9. The van der Waals surface area contributed by atoms with Crippen LogP contribution in [0.15, 0.2) is 0 Å². The fraction of sp³-hybridized carbons (Fsp3) is 0.846. The van der Waals surface area contributed by atoms with E-state index in [2.05, 4.69) is 5.32 Å². The number of likely N-dealkylation sites (tertiary alicyclic amines) is 1. The fourth-order valence-electron chi connectivity index (χ4n) is 2.56. The first-order valence-electron chi connectivity index (χ1n) is 6.75. The Hall–Kier alpha value is -1.30. The number of amides is 2. The molecule has 2 amide bonds. The number of carboxylic acids is 1. The lowest BCUT2D eigenvalue weighted by Gasteiger charge is -2.43. The maximum Gasteiger partial charge on any atom is 0.327 e. The van der Waals surface area contributed by atoms with Crippen molar-refractivity contribution in [3.05, 3.63) is 0 Å². The molecule has 0 bridgehead atoms. The van der Waals surface area contributed by atoms with Gasteiger partial charge in [-0.25, -0.2) is 9.59 Å². The van der Waals surface area contributed by atoms with Crippen molar-refractivity contribution in [1.82, 2.24) is 10.2 Å². The Bertz CT molecular complexity index is 331. The topological polar surface area (TPSA) is 78.9 Å². The van der Waals surface area contributed by atoms with Crippen LogP contribution in [0, 0.1) is 5.41 Å². The summed E-state index contributed by atoms with van der Waals surface area (Å²) in [5.74, 6) is -0.940. The second-order valence-electron chi connectivity index (χ2n) is 5.46. The van der Waals surface area contributed by atoms with Gasteiger partial charge in [-0.05, 0) is 25.2 Å². The quantitative estimate of drug-likeness (QED) is 0.740. The van der Waals surface area contributed by atoms with Gasteiger partial charge in [0.25, 0.3) is 0 Å². The zero-order valence-corrected chi connectivity index (χ0v) is 11.9. The number of carbonyl (C=O) groups excluding carboxylic acids is 1. The van der Waals surface area contributed by atoms with Crippen molar-refractivity contribution in [2.24, 2.45) is 5.41 Å². The Morgan fingerprint density at radius 2 is 2.16 bits per heavy atom. The number of ether oxygens (including phenoxy) is 1. The van der Waals surface area contributed by atoms with Crippen LogP contribution in [0.2, 0.25) is 0 Å². The molecule has 0 radical (unpaired) electrons. The zero-order valence-electron chi connectivity index (χ0n) is 11.9. The van der Waals surface area contributed by atoms with Gasteiger partial charge in [0.1, 0.15) is 6.04 Å². The molecule has 1 atom stereocenters. The third-order valence-corrected chi connectivity index (χ3v) is 3.49. The number of urea groups is 1. The predicted molar refractivity (Wildman–Crippen MR) is 71.0 cm³/mol. The minimum absolute atomic E-state index is 0.320. The predicted octanol–water partition coefficient (Wildman–Crippen LogP) is 1.31. The average Bonchev–Trinajstić information content (AvgIpc) is 2.32. The highest BCUT2D eigenvalue weighted by Crippen LogP contribution is 2.35. The van der Waals surface area contributed by atoms with E-state index in [1.807, 2.05) is 20.8 Å². The smallest absolute Gasteiger partial charge is 0.327 e. The Balaban J connectivity index is 2.62. The van der Waals surface area contributed by atoms with Gasteiger partial charge in [0, 0.05) is 19.7 Å². The Morgan fingerprint density at radius 3 is 2.74 bits per heavy atom. The lowest BCUT2D eigenvalue weighted by atomic mass is 9.76. The summed E-state index contributed by atoms with van der Waals surface area (Å²) >= 11 is 0. The van der Waals surface area contributed by atoms with Gasteiger partial charge in [-0.15, -0.1) is 0 Å². The van der Waals surface area contributed by atoms with Crippen molar-refractivity contribution in [1.29, 1.82) is 0 Å². The molecule has 2 N–H and O–H groups in total. The van der Waals surface area contributed by atoms with Gasteiger partial charge < -0.3 is 20.1 Å². The largest absolute Gasteiger partial charge is 0.480 e. The summed E-state index contributed by atoms with van der Waals surface area (Å²) in [5.41, 5.74) is -0.401. The van der Waals surface area contributed by atoms with Crippen molar-refractivity contribution in [3.8, 4) is 0 Å². The van der Waals surface area contributed by atoms with E-state index in [0.29, 0.717) is 26.3 Å². The maximum atomic E-state index is 12.1. The van der Waals surface area contributed by atoms with Crippen molar-refractivity contribution in [2.45, 2.75) is 39.7 Å². The highest BCUT2D eigenvalue weighted by molar-refractivity contribution is 5.83. The first-order valence-corrected chi connectivity index (χ1v) is 6.75. The molecule has 1 fully saturated rings. The van der Waals surface area contributed by atoms with Crippen molar-refractivity contribution < 1.29 is 19.4 Å². The molecule has 1 aliphatic rings. The third-order valence-electron chi connectivity index (χ3n) is 3.49. The highest BCUT2D eigenvalue weighted by Gasteiger charge is 2.44. The Kier molecular flexibility index (Phi) is 5.60. The molecule has 110 valence electrons. The van der Waals surface area contributed by atoms with Gasteiger partial charge >= 0.3 is 12.0 Å². The Morgan fingerprint density at radius 1 is 1.47 bits per heavy atom. The summed E-state index contributed by atoms with van der Waals surface area (Å²) < 4.78 is 5.14. The number of aliphatic carboxylic acids is 1. The van der Waals surface area contributed by atoms with E-state index in [-0.39, 0.29) is 6.03 Å². The van der Waals surface area contributed by atoms with Crippen LogP contribution < -0.4 is 5.32 Å². The van der Waals surface area contributed by atoms with Crippen LogP contribution in [0.3, 0.4) is 0 Å². The second kappa shape index (κ2) is 6.75. The number of rotatable bonds is 5. The molecule has 6 heteroatoms. The van der Waals surface area contributed by atoms with E-state index in [4.69, 9.17) is 4.74 Å². The molecule has 1 aliphatic heterocycles. The van der Waals surface area contributed by atoms with Gasteiger partial charge in [0.05, 0.1) is 6.61 Å². The molecule has 0 aliphatic carbocycles. The number of hydrogen-bond acceptors (Lipinski definition) is 3. The Labute approximate surface area is 114 Å². The van der Waals surface area contributed by atoms with Crippen molar-refractivity contribution >= 4 is 12.0 Å². The number of nitrogens with one attached hydrogen (secondary N) is 1. The molecule has 1 unspecified atom stereocenters. The monoisotopic (exact) mass is 272 g/mol. The van der Waals surface area contributed by atoms with Crippen LogP contribution in [-0.2, 0) is 9.53 Å². The van der Waals surface area contributed by atoms with Crippen LogP contribution >= 0.6 is 0 Å². The number of hydrogen-bond donors (Lipinski definition) is 2. The summed E-state index contributed by atoms with van der Waals surface area (Å²) in [6.45, 7) is 7.60. The first kappa shape index (κ1) is 15.8. The van der Waals surface area contributed by atoms with Crippen LogP contribution in [-0.4, -0.2) is 54.4 Å². The lowest BCUT2D eigenvalue weighted by Crippen LogP contribution is -2.58. The molecular formula is C13H24N2O4. The minimum Gasteiger partial charge on any atom is -0.480 e. The van der Waals surface area contributed by atoms with Crippen molar-refractivity contribution in [2.75, 3.05) is 26.3 Å². The normalized spacial score (nSPS) is 22.1. The third kappa shape index (κ3) is 4.09. The molecule has 0 aromatic rings. The summed E-state index contributed by atoms with van der Waals surface area (Å²) in [5, 5.41) is 12.1. The zero-order chi connectivity index (χ0) is 14.5. The standard InChI is InChI=1S/C13H24N2O4/c1-4-19-9-7-14-12(18)15-8-5-6-13(2,3)10(15)11(16)17/h10H,4-9H2,1-3H3,(H,14,18)(H,16,17). The van der Waals surface area contributed by atoms with E-state index < -0.39 is 17.4 Å². The molecule has 1 saturated heterocycles. The molecule has 0 saturated carbocycles. The number of piperidine rings is 1. The van der Waals surface area contributed by atoms with Crippen LogP contribution in [0.4, 0.5) is 4.79 Å². The van der Waals surface area contributed by atoms with E-state index >= 15 is 0 Å². The van der Waals surface area contributed by atoms with Gasteiger partial charge in [0.2, 0.25) is 0 Å². The average molecular weight is 272 g/mol. The number of carbonyl (C=O) groups is 2. The molecule has 0 aromatic carbocycles. The summed E-state index contributed by atoms with van der Waals surface area (Å²) in [6.07, 6.45) is 1.64. The number of nitrogens with zero attached hydrogens (tertiary/aromatic N) is 1. The van der Waals surface area contributed by atoms with Crippen molar-refractivity contribution in [3.63, 3.8) is 0 Å². The SMILES string of the molecule is CCOCCNC(=O)N1CCCC(C)(C)C1C(=O)O. The molecule has 0 aromatic heterocycles. The van der Waals surface area contributed by atoms with Gasteiger partial charge in [-0.2, -0.15) is 0 Å². The fourth-order valence-corrected chi connectivity index (χ4v) is 2.56. The van der Waals surface area contributed by atoms with Crippen LogP contribution in [0.25, 0.3) is 0 Å². The highest BCUT2D eigenvalue weighted by atomic mass is 16.5. The molecule has 1 heterocycles. The second-order valence-corrected chi connectivity index (χ2v) is 5.46. The molecule has 0 spiro atoms. The van der Waals surface area contributed by atoms with E-state index in [1.165, 1.54) is 4.90 Å². The van der Waals surface area contributed by atoms with E-state index in [9.17, 15) is 14.7 Å². The first-order chi connectivity index (χ1) is 8.90. The lowest BCUT2D eigenvalue weighted by molar-refractivity contribution is -0.148. The number of carboxylic acid groups (broad SMARTS) is 1. The van der Waals surface area contributed by atoms with Crippen LogP contribution in [0.1, 0.15) is 33.6 Å². The minimum atomic E-state index is -0.940. The summed E-state index contributed by atoms with van der Waals surface area (Å²) in [6, 6.07) is -1.09. The van der Waals surface area contributed by atoms with Gasteiger partial charge in [0.15, 0.2) is 0 Å². The van der Waals surface area contributed by atoms with Gasteiger partial charge in [-0.1, -0.05) is 13.8 Å². The molecule has 19 heavy (non-hydrogen) atoms. The molecule has 1 rings (SSSR count). The van der Waals surface area contributed by atoms with E-state index in [0.717, 1.165) is 12.8 Å². The maximum absolute atomic E-state index is 12.1. The summed E-state index contributed by atoms with van der Waals surface area (Å²) in [7, 11) is 0. The molecule has 6 nitrogen and oxygen atoms in total. The van der Waals surface area contributed by atoms with E-state index in [1.54, 1.807) is 0 Å². The van der Waals surface area contributed by atoms with Crippen LogP contribution in [0.5, 0.6) is 0 Å².